The zero-order valence-electron chi connectivity index (χ0n) is 22.9. The number of carbonyl (C=O) groups is 2. The van der Waals surface area contributed by atoms with E-state index in [2.05, 4.69) is 66.0 Å². The van der Waals surface area contributed by atoms with Crippen molar-refractivity contribution in [1.82, 2.24) is 10.6 Å². The highest BCUT2D eigenvalue weighted by Gasteiger charge is 2.66. The summed E-state index contributed by atoms with van der Waals surface area (Å²) in [5.74, 6) is -0.446. The molecule has 2 unspecified atom stereocenters. The lowest BCUT2D eigenvalue weighted by molar-refractivity contribution is -0.167. The van der Waals surface area contributed by atoms with Gasteiger partial charge in [0.1, 0.15) is 12.2 Å². The van der Waals surface area contributed by atoms with Crippen LogP contribution in [0.1, 0.15) is 108 Å². The first-order chi connectivity index (χ1) is 14.7. The number of carbonyl (C=O) groups excluding carboxylic acids is 2. The fraction of sp³-hybridized carbons (Fsp3) is 0.926. The molecular formula is C27H48N2O4. The topological polar surface area (TPSA) is 76.7 Å². The van der Waals surface area contributed by atoms with Gasteiger partial charge in [0.05, 0.1) is 10.8 Å². The quantitative estimate of drug-likeness (QED) is 0.572. The Balaban J connectivity index is 1.63. The van der Waals surface area contributed by atoms with Gasteiger partial charge in [-0.25, -0.2) is 0 Å². The Hall–Kier alpha value is -1.14. The van der Waals surface area contributed by atoms with Gasteiger partial charge in [0.15, 0.2) is 0 Å². The maximum absolute atomic E-state index is 13.3. The zero-order valence-corrected chi connectivity index (χ0v) is 22.9. The van der Waals surface area contributed by atoms with Gasteiger partial charge < -0.3 is 20.1 Å². The number of hydrogen-bond acceptors (Lipinski definition) is 6. The molecule has 0 amide bonds. The Kier molecular flexibility index (Phi) is 6.37. The molecular weight excluding hydrogens is 416 g/mol. The van der Waals surface area contributed by atoms with E-state index in [1.165, 1.54) is 0 Å². The molecule has 2 aliphatic heterocycles. The summed E-state index contributed by atoms with van der Waals surface area (Å²) < 4.78 is 12.1. The van der Waals surface area contributed by atoms with Crippen molar-refractivity contribution < 1.29 is 19.1 Å². The molecule has 2 atom stereocenters. The third kappa shape index (κ3) is 5.93. The second-order valence-electron chi connectivity index (χ2n) is 14.6. The molecule has 1 aliphatic carbocycles. The Bertz CT molecular complexity index is 766. The molecule has 0 aromatic rings. The van der Waals surface area contributed by atoms with Gasteiger partial charge in [-0.2, -0.15) is 0 Å². The summed E-state index contributed by atoms with van der Waals surface area (Å²) in [5, 5.41) is 7.26. The first-order valence-corrected chi connectivity index (χ1v) is 12.7. The minimum Gasteiger partial charge on any atom is -0.462 e. The minimum atomic E-state index is -0.737. The van der Waals surface area contributed by atoms with Gasteiger partial charge in [-0.1, -0.05) is 0 Å². The predicted molar refractivity (Wildman–Crippen MR) is 131 cm³/mol. The van der Waals surface area contributed by atoms with E-state index in [4.69, 9.17) is 9.47 Å². The van der Waals surface area contributed by atoms with Crippen LogP contribution in [0.3, 0.4) is 0 Å². The molecule has 2 saturated heterocycles. The normalized spacial score (nSPS) is 33.2. The molecule has 3 fully saturated rings. The van der Waals surface area contributed by atoms with Crippen LogP contribution in [0.5, 0.6) is 0 Å². The van der Waals surface area contributed by atoms with Gasteiger partial charge in [0.25, 0.3) is 0 Å². The molecule has 190 valence electrons. The number of ether oxygens (including phenoxy) is 2. The summed E-state index contributed by atoms with van der Waals surface area (Å²) in [5.41, 5.74) is -1.73. The van der Waals surface area contributed by atoms with Crippen molar-refractivity contribution >= 4 is 11.9 Å². The van der Waals surface area contributed by atoms with E-state index in [0.717, 1.165) is 25.7 Å². The third-order valence-corrected chi connectivity index (χ3v) is 7.95. The van der Waals surface area contributed by atoms with Crippen LogP contribution in [0.4, 0.5) is 0 Å². The molecule has 6 heteroatoms. The minimum absolute atomic E-state index is 0.0736. The molecule has 0 radical (unpaired) electrons. The van der Waals surface area contributed by atoms with Gasteiger partial charge in [0, 0.05) is 47.8 Å². The summed E-state index contributed by atoms with van der Waals surface area (Å²) in [6.07, 6.45) is 3.56. The van der Waals surface area contributed by atoms with Crippen molar-refractivity contribution in [1.29, 1.82) is 0 Å². The maximum Gasteiger partial charge on any atom is 0.312 e. The highest BCUT2D eigenvalue weighted by molar-refractivity contribution is 5.85. The van der Waals surface area contributed by atoms with Crippen molar-refractivity contribution in [2.75, 3.05) is 0 Å². The van der Waals surface area contributed by atoms with E-state index in [1.54, 1.807) is 0 Å². The lowest BCUT2D eigenvalue weighted by Gasteiger charge is -2.46. The Labute approximate surface area is 201 Å². The molecule has 3 rings (SSSR count). The number of piperidine rings is 2. The zero-order chi connectivity index (χ0) is 25.3. The van der Waals surface area contributed by atoms with Crippen molar-refractivity contribution in [3.05, 3.63) is 0 Å². The molecule has 0 aromatic heterocycles. The van der Waals surface area contributed by atoms with Gasteiger partial charge in [-0.15, -0.1) is 0 Å². The van der Waals surface area contributed by atoms with E-state index < -0.39 is 10.8 Å². The van der Waals surface area contributed by atoms with Crippen LogP contribution >= 0.6 is 0 Å². The Morgan fingerprint density at radius 2 is 1.03 bits per heavy atom. The van der Waals surface area contributed by atoms with E-state index in [9.17, 15) is 9.59 Å². The van der Waals surface area contributed by atoms with E-state index in [0.29, 0.717) is 6.42 Å². The monoisotopic (exact) mass is 464 g/mol. The van der Waals surface area contributed by atoms with Crippen molar-refractivity contribution in [2.24, 2.45) is 16.7 Å². The van der Waals surface area contributed by atoms with Crippen LogP contribution in [0.2, 0.25) is 0 Å². The van der Waals surface area contributed by atoms with Crippen LogP contribution in [-0.2, 0) is 19.1 Å². The van der Waals surface area contributed by atoms with E-state index in [1.807, 2.05) is 20.8 Å². The second-order valence-corrected chi connectivity index (χ2v) is 14.6. The van der Waals surface area contributed by atoms with Gasteiger partial charge >= 0.3 is 11.9 Å². The fourth-order valence-electron chi connectivity index (χ4n) is 7.00. The predicted octanol–water partition coefficient (Wildman–Crippen LogP) is 4.74. The van der Waals surface area contributed by atoms with Crippen LogP contribution in [-0.4, -0.2) is 46.3 Å². The van der Waals surface area contributed by atoms with Crippen LogP contribution in [0.15, 0.2) is 0 Å². The van der Waals surface area contributed by atoms with Crippen molar-refractivity contribution in [3.8, 4) is 0 Å². The highest BCUT2D eigenvalue weighted by Crippen LogP contribution is 2.62. The molecule has 1 saturated carbocycles. The van der Waals surface area contributed by atoms with Crippen LogP contribution < -0.4 is 10.6 Å². The number of rotatable bonds is 5. The first kappa shape index (κ1) is 26.5. The largest absolute Gasteiger partial charge is 0.462 e. The molecule has 0 spiro atoms. The number of nitrogens with one attached hydrogen (secondary N) is 2. The SMILES string of the molecule is CC1(C)CC(OC(=O)C(C)(C)C2CC2(C)C(=O)OC2CC(C)(C)NC(C)(C)C2)CC(C)(C)N1. The van der Waals surface area contributed by atoms with Crippen molar-refractivity contribution in [2.45, 2.75) is 143 Å². The molecule has 6 nitrogen and oxygen atoms in total. The van der Waals surface area contributed by atoms with Gasteiger partial charge in [-0.3, -0.25) is 9.59 Å². The molecule has 33 heavy (non-hydrogen) atoms. The first-order valence-electron chi connectivity index (χ1n) is 12.7. The Morgan fingerprint density at radius 3 is 1.42 bits per heavy atom. The second kappa shape index (κ2) is 7.94. The fourth-order valence-corrected chi connectivity index (χ4v) is 7.00. The molecule has 0 bridgehead atoms. The Morgan fingerprint density at radius 1 is 0.667 bits per heavy atom. The van der Waals surface area contributed by atoms with Gasteiger partial charge in [0.2, 0.25) is 0 Å². The summed E-state index contributed by atoms with van der Waals surface area (Å²) in [7, 11) is 0. The number of hydrogen-bond donors (Lipinski definition) is 2. The lowest BCUT2D eigenvalue weighted by Crippen LogP contribution is -2.60. The van der Waals surface area contributed by atoms with Gasteiger partial charge in [-0.05, 0) is 88.5 Å². The van der Waals surface area contributed by atoms with Crippen LogP contribution in [0.25, 0.3) is 0 Å². The van der Waals surface area contributed by atoms with E-state index >= 15 is 0 Å². The van der Waals surface area contributed by atoms with E-state index in [-0.39, 0.29) is 52.2 Å². The molecule has 2 heterocycles. The average Bonchev–Trinajstić information content (AvgIpc) is 3.23. The number of esters is 2. The summed E-state index contributed by atoms with van der Waals surface area (Å²) in [6, 6.07) is 0. The average molecular weight is 465 g/mol. The molecule has 0 aromatic carbocycles. The maximum atomic E-state index is 13.3. The smallest absolute Gasteiger partial charge is 0.312 e. The standard InChI is InChI=1S/C27H48N2O4/c1-22(2)12-17(13-23(3,4)28-22)32-20(30)26(9,10)19-16-27(19,11)21(31)33-18-14-24(5,6)29-25(7,8)15-18/h17-19,28-29H,12-16H2,1-11H3. The summed E-state index contributed by atoms with van der Waals surface area (Å²) >= 11 is 0. The lowest BCUT2D eigenvalue weighted by atomic mass is 9.80. The highest BCUT2D eigenvalue weighted by atomic mass is 16.6. The van der Waals surface area contributed by atoms with Crippen LogP contribution in [0, 0.1) is 16.7 Å². The molecule has 2 N–H and O–H groups in total. The summed E-state index contributed by atoms with van der Waals surface area (Å²) in [6.45, 7) is 23.0. The summed E-state index contributed by atoms with van der Waals surface area (Å²) in [4.78, 5) is 26.6. The van der Waals surface area contributed by atoms with Crippen molar-refractivity contribution in [3.63, 3.8) is 0 Å². The third-order valence-electron chi connectivity index (χ3n) is 7.95. The molecule has 3 aliphatic rings.